The fourth-order valence-electron chi connectivity index (χ4n) is 3.46. The number of methoxy groups -OCH3 is 1. The van der Waals surface area contributed by atoms with Crippen molar-refractivity contribution in [1.82, 2.24) is 10.2 Å². The van der Waals surface area contributed by atoms with Crippen molar-refractivity contribution in [2.45, 2.75) is 19.9 Å². The van der Waals surface area contributed by atoms with Crippen LogP contribution in [0.15, 0.2) is 54.6 Å². The number of piperazine rings is 1. The zero-order valence-electron chi connectivity index (χ0n) is 17.8. The number of nitrogens with zero attached hydrogens (tertiary/aromatic N) is 2. The first kappa shape index (κ1) is 21.5. The molecule has 2 N–H and O–H groups in total. The fraction of sp³-hybridized carbons (Fsp3) is 0.391. The summed E-state index contributed by atoms with van der Waals surface area (Å²) in [5, 5.41) is 5.79. The highest BCUT2D eigenvalue weighted by Crippen LogP contribution is 2.17. The van der Waals surface area contributed by atoms with Crippen LogP contribution in [0, 0.1) is 5.92 Å². The minimum absolute atomic E-state index is 0.0437. The normalized spacial score (nSPS) is 14.9. The molecular weight excluding hydrogens is 380 g/mol. The van der Waals surface area contributed by atoms with Gasteiger partial charge in [-0.15, -0.1) is 0 Å². The van der Waals surface area contributed by atoms with Crippen LogP contribution < -0.4 is 20.3 Å². The summed E-state index contributed by atoms with van der Waals surface area (Å²) in [7, 11) is 1.59. The Morgan fingerprint density at radius 2 is 1.57 bits per heavy atom. The van der Waals surface area contributed by atoms with E-state index in [0.717, 1.165) is 24.5 Å². The van der Waals surface area contributed by atoms with Crippen molar-refractivity contribution in [3.8, 4) is 5.75 Å². The minimum atomic E-state index is -0.619. The number of amides is 3. The van der Waals surface area contributed by atoms with E-state index in [-0.39, 0.29) is 17.9 Å². The molecule has 30 heavy (non-hydrogen) atoms. The topological polar surface area (TPSA) is 73.9 Å². The van der Waals surface area contributed by atoms with E-state index in [0.29, 0.717) is 18.8 Å². The van der Waals surface area contributed by atoms with Crippen LogP contribution in [0.25, 0.3) is 0 Å². The lowest BCUT2D eigenvalue weighted by atomic mass is 10.0. The predicted molar refractivity (Wildman–Crippen MR) is 119 cm³/mol. The molecule has 3 amide bonds. The van der Waals surface area contributed by atoms with Crippen LogP contribution in [-0.2, 0) is 4.79 Å². The highest BCUT2D eigenvalue weighted by molar-refractivity contribution is 5.97. The van der Waals surface area contributed by atoms with E-state index < -0.39 is 6.04 Å². The summed E-state index contributed by atoms with van der Waals surface area (Å²) in [4.78, 5) is 29.6. The third kappa shape index (κ3) is 5.43. The Balaban J connectivity index is 1.55. The first-order valence-corrected chi connectivity index (χ1v) is 10.3. The molecule has 1 atom stereocenters. The standard InChI is InChI=1S/C23H30N4O3/c1-17(2)21(22(28)24-18-9-11-20(30-3)12-10-18)25-23(29)27-15-13-26(14-16-27)19-7-5-4-6-8-19/h4-12,17,21H,13-16H2,1-3H3,(H,24,28)(H,25,29)/t21-/m0/s1. The van der Waals surface area contributed by atoms with E-state index >= 15 is 0 Å². The van der Waals surface area contributed by atoms with E-state index in [1.807, 2.05) is 32.0 Å². The van der Waals surface area contributed by atoms with Crippen molar-refractivity contribution in [2.24, 2.45) is 5.92 Å². The number of benzene rings is 2. The van der Waals surface area contributed by atoms with Gasteiger partial charge in [-0.3, -0.25) is 4.79 Å². The number of rotatable bonds is 6. The average Bonchev–Trinajstić information content (AvgIpc) is 2.78. The smallest absolute Gasteiger partial charge is 0.318 e. The lowest BCUT2D eigenvalue weighted by molar-refractivity contribution is -0.118. The van der Waals surface area contributed by atoms with Crippen molar-refractivity contribution in [3.05, 3.63) is 54.6 Å². The van der Waals surface area contributed by atoms with Crippen molar-refractivity contribution in [3.63, 3.8) is 0 Å². The number of carbonyl (C=O) groups excluding carboxylic acids is 2. The maximum atomic E-state index is 12.8. The van der Waals surface area contributed by atoms with E-state index in [1.54, 1.807) is 36.3 Å². The monoisotopic (exact) mass is 410 g/mol. The number of carbonyl (C=O) groups is 2. The molecule has 0 aromatic heterocycles. The van der Waals surface area contributed by atoms with Gasteiger partial charge in [0.25, 0.3) is 0 Å². The molecule has 160 valence electrons. The molecule has 3 rings (SSSR count). The number of anilines is 2. The summed E-state index contributed by atoms with van der Waals surface area (Å²) in [5.41, 5.74) is 1.83. The molecule has 1 aliphatic rings. The number of para-hydroxylation sites is 1. The Kier molecular flexibility index (Phi) is 7.17. The summed E-state index contributed by atoms with van der Waals surface area (Å²) in [5.74, 6) is 0.445. The van der Waals surface area contributed by atoms with Gasteiger partial charge in [-0.05, 0) is 42.3 Å². The Labute approximate surface area is 178 Å². The molecular formula is C23H30N4O3. The first-order chi connectivity index (χ1) is 14.5. The van der Waals surface area contributed by atoms with Crippen LogP contribution in [0.3, 0.4) is 0 Å². The Morgan fingerprint density at radius 3 is 2.13 bits per heavy atom. The molecule has 7 nitrogen and oxygen atoms in total. The van der Waals surface area contributed by atoms with Crippen molar-refractivity contribution >= 4 is 23.3 Å². The number of nitrogens with one attached hydrogen (secondary N) is 2. The molecule has 1 fully saturated rings. The van der Waals surface area contributed by atoms with Gasteiger partial charge < -0.3 is 25.2 Å². The summed E-state index contributed by atoms with van der Waals surface area (Å²) in [6.45, 7) is 6.61. The van der Waals surface area contributed by atoms with Crippen LogP contribution in [0.4, 0.5) is 16.2 Å². The Morgan fingerprint density at radius 1 is 0.933 bits per heavy atom. The minimum Gasteiger partial charge on any atom is -0.497 e. The van der Waals surface area contributed by atoms with E-state index in [1.165, 1.54) is 0 Å². The lowest BCUT2D eigenvalue weighted by Gasteiger charge is -2.37. The second-order valence-electron chi connectivity index (χ2n) is 7.70. The summed E-state index contributed by atoms with van der Waals surface area (Å²) >= 11 is 0. The van der Waals surface area contributed by atoms with Gasteiger partial charge in [0.2, 0.25) is 5.91 Å². The molecule has 1 aliphatic heterocycles. The maximum Gasteiger partial charge on any atom is 0.318 e. The highest BCUT2D eigenvalue weighted by atomic mass is 16.5. The van der Waals surface area contributed by atoms with Gasteiger partial charge in [0.15, 0.2) is 0 Å². The van der Waals surface area contributed by atoms with E-state index in [9.17, 15) is 9.59 Å². The van der Waals surface area contributed by atoms with Gasteiger partial charge in [-0.1, -0.05) is 32.0 Å². The second kappa shape index (κ2) is 10.0. The summed E-state index contributed by atoms with van der Waals surface area (Å²) in [6, 6.07) is 16.5. The quantitative estimate of drug-likeness (QED) is 0.767. The molecule has 2 aromatic carbocycles. The number of urea groups is 1. The molecule has 1 heterocycles. The van der Waals surface area contributed by atoms with Gasteiger partial charge in [-0.2, -0.15) is 0 Å². The van der Waals surface area contributed by atoms with Gasteiger partial charge in [0.05, 0.1) is 7.11 Å². The third-order valence-electron chi connectivity index (χ3n) is 5.27. The van der Waals surface area contributed by atoms with Gasteiger partial charge in [0.1, 0.15) is 11.8 Å². The predicted octanol–water partition coefficient (Wildman–Crippen LogP) is 3.19. The molecule has 0 aliphatic carbocycles. The molecule has 0 bridgehead atoms. The van der Waals surface area contributed by atoms with Gasteiger partial charge in [0, 0.05) is 37.6 Å². The molecule has 0 unspecified atom stereocenters. The average molecular weight is 411 g/mol. The molecule has 7 heteroatoms. The maximum absolute atomic E-state index is 12.8. The van der Waals surface area contributed by atoms with E-state index in [4.69, 9.17) is 4.74 Å². The zero-order valence-corrected chi connectivity index (χ0v) is 17.8. The fourth-order valence-corrected chi connectivity index (χ4v) is 3.46. The van der Waals surface area contributed by atoms with Crippen molar-refractivity contribution in [1.29, 1.82) is 0 Å². The SMILES string of the molecule is COc1ccc(NC(=O)[C@@H](NC(=O)N2CCN(c3ccccc3)CC2)C(C)C)cc1. The van der Waals surface area contributed by atoms with Crippen molar-refractivity contribution < 1.29 is 14.3 Å². The number of hydrogen-bond donors (Lipinski definition) is 2. The molecule has 0 radical (unpaired) electrons. The van der Waals surface area contributed by atoms with E-state index in [2.05, 4.69) is 27.7 Å². The largest absolute Gasteiger partial charge is 0.497 e. The molecule has 1 saturated heterocycles. The Hall–Kier alpha value is -3.22. The summed E-state index contributed by atoms with van der Waals surface area (Å²) in [6.07, 6.45) is 0. The zero-order chi connectivity index (χ0) is 21.5. The molecule has 0 spiro atoms. The highest BCUT2D eigenvalue weighted by Gasteiger charge is 2.28. The first-order valence-electron chi connectivity index (χ1n) is 10.3. The van der Waals surface area contributed by atoms with Crippen LogP contribution in [0.1, 0.15) is 13.8 Å². The van der Waals surface area contributed by atoms with Gasteiger partial charge >= 0.3 is 6.03 Å². The van der Waals surface area contributed by atoms with Gasteiger partial charge in [-0.25, -0.2) is 4.79 Å². The number of ether oxygens (including phenoxy) is 1. The Bertz CT molecular complexity index is 831. The number of hydrogen-bond acceptors (Lipinski definition) is 4. The summed E-state index contributed by atoms with van der Waals surface area (Å²) < 4.78 is 5.14. The second-order valence-corrected chi connectivity index (χ2v) is 7.70. The molecule has 0 saturated carbocycles. The van der Waals surface area contributed by atoms with Crippen LogP contribution in [0.2, 0.25) is 0 Å². The van der Waals surface area contributed by atoms with Crippen LogP contribution in [-0.4, -0.2) is 56.2 Å². The van der Waals surface area contributed by atoms with Crippen LogP contribution in [0.5, 0.6) is 5.75 Å². The lowest BCUT2D eigenvalue weighted by Crippen LogP contribution is -2.56. The van der Waals surface area contributed by atoms with Crippen molar-refractivity contribution in [2.75, 3.05) is 43.5 Å². The third-order valence-corrected chi connectivity index (χ3v) is 5.27. The van der Waals surface area contributed by atoms with Crippen LogP contribution >= 0.6 is 0 Å². The molecule has 2 aromatic rings.